The molecule has 0 radical (unpaired) electrons. The van der Waals surface area contributed by atoms with E-state index in [9.17, 15) is 0 Å². The number of nitrogens with zero attached hydrogens (tertiary/aromatic N) is 1. The van der Waals surface area contributed by atoms with E-state index in [-0.39, 0.29) is 0 Å². The van der Waals surface area contributed by atoms with Gasteiger partial charge < -0.3 is 5.32 Å². The van der Waals surface area contributed by atoms with Crippen LogP contribution in [0.2, 0.25) is 0 Å². The molecule has 0 spiro atoms. The first-order valence-corrected chi connectivity index (χ1v) is 5.50. The summed E-state index contributed by atoms with van der Waals surface area (Å²) in [5, 5.41) is 3.48. The molecule has 0 fully saturated rings. The second-order valence-corrected chi connectivity index (χ2v) is 3.77. The van der Waals surface area contributed by atoms with Crippen molar-refractivity contribution >= 4 is 0 Å². The Balaban J connectivity index is 2.46. The van der Waals surface area contributed by atoms with Crippen LogP contribution in [0.3, 0.4) is 0 Å². The molecular weight excluding hydrogens is 184 g/mol. The smallest absolute Gasteiger partial charge is 0.0318 e. The molecule has 1 atom stereocenters. The Kier molecular flexibility index (Phi) is 5.05. The highest BCUT2D eigenvalue weighted by Crippen LogP contribution is 2.14. The average Bonchev–Trinajstić information content (AvgIpc) is 2.25. The largest absolute Gasteiger partial charge is 0.310 e. The van der Waals surface area contributed by atoms with E-state index in [4.69, 9.17) is 0 Å². The van der Waals surface area contributed by atoms with Crippen LogP contribution in [0.4, 0.5) is 0 Å². The zero-order chi connectivity index (χ0) is 11.1. The first-order chi connectivity index (χ1) is 7.25. The molecule has 0 aliphatic carbocycles. The van der Waals surface area contributed by atoms with E-state index in [2.05, 4.69) is 49.3 Å². The van der Waals surface area contributed by atoms with Gasteiger partial charge in [-0.25, -0.2) is 0 Å². The summed E-state index contributed by atoms with van der Waals surface area (Å²) in [5.74, 6) is 0. The number of hydrogen-bond acceptors (Lipinski definition) is 2. The summed E-state index contributed by atoms with van der Waals surface area (Å²) >= 11 is 0. The molecule has 0 aliphatic rings. The van der Waals surface area contributed by atoms with Crippen molar-refractivity contribution in [2.24, 2.45) is 0 Å². The van der Waals surface area contributed by atoms with Gasteiger partial charge in [-0.15, -0.1) is 0 Å². The molecule has 1 aromatic heterocycles. The van der Waals surface area contributed by atoms with Gasteiger partial charge in [0.2, 0.25) is 0 Å². The molecule has 82 valence electrons. The van der Waals surface area contributed by atoms with Crippen LogP contribution in [0, 0.1) is 6.92 Å². The zero-order valence-electron chi connectivity index (χ0n) is 9.83. The number of allylic oxidation sites excluding steroid dienone is 1. The Morgan fingerprint density at radius 2 is 2.33 bits per heavy atom. The monoisotopic (exact) mass is 204 g/mol. The highest BCUT2D eigenvalue weighted by molar-refractivity contribution is 5.24. The van der Waals surface area contributed by atoms with E-state index in [0.717, 1.165) is 13.0 Å². The molecule has 2 nitrogen and oxygen atoms in total. The summed E-state index contributed by atoms with van der Waals surface area (Å²) in [7, 11) is 0. The molecule has 15 heavy (non-hydrogen) atoms. The Hall–Kier alpha value is -1.15. The quantitative estimate of drug-likeness (QED) is 0.589. The van der Waals surface area contributed by atoms with Crippen molar-refractivity contribution in [2.45, 2.75) is 33.2 Å². The molecule has 1 N–H and O–H groups in total. The lowest BCUT2D eigenvalue weighted by Gasteiger charge is -2.15. The second kappa shape index (κ2) is 6.36. The predicted octanol–water partition coefficient (Wildman–Crippen LogP) is 3.01. The van der Waals surface area contributed by atoms with Gasteiger partial charge >= 0.3 is 0 Å². The van der Waals surface area contributed by atoms with Gasteiger partial charge in [-0.2, -0.15) is 0 Å². The average molecular weight is 204 g/mol. The SMILES string of the molecule is C/C=C/CCNC(C)c1cnccc1C. The Morgan fingerprint density at radius 1 is 1.53 bits per heavy atom. The third-order valence-corrected chi connectivity index (χ3v) is 2.54. The van der Waals surface area contributed by atoms with E-state index in [1.54, 1.807) is 0 Å². The fourth-order valence-corrected chi connectivity index (χ4v) is 1.59. The lowest BCUT2D eigenvalue weighted by Crippen LogP contribution is -2.20. The standard InChI is InChI=1S/C13H20N2/c1-4-5-6-8-15-12(3)13-10-14-9-7-11(13)2/h4-5,7,9-10,12,15H,6,8H2,1-3H3/b5-4+. The van der Waals surface area contributed by atoms with Crippen molar-refractivity contribution in [1.29, 1.82) is 0 Å². The van der Waals surface area contributed by atoms with Crippen molar-refractivity contribution in [1.82, 2.24) is 10.3 Å². The third kappa shape index (κ3) is 3.84. The summed E-state index contributed by atoms with van der Waals surface area (Å²) in [6.45, 7) is 7.37. The van der Waals surface area contributed by atoms with Crippen LogP contribution < -0.4 is 5.32 Å². The fourth-order valence-electron chi connectivity index (χ4n) is 1.59. The number of hydrogen-bond donors (Lipinski definition) is 1. The van der Waals surface area contributed by atoms with Crippen LogP contribution >= 0.6 is 0 Å². The molecular formula is C13H20N2. The maximum Gasteiger partial charge on any atom is 0.0318 e. The van der Waals surface area contributed by atoms with Crippen molar-refractivity contribution in [3.05, 3.63) is 41.7 Å². The molecule has 0 aromatic carbocycles. The van der Waals surface area contributed by atoms with Crippen LogP contribution in [-0.2, 0) is 0 Å². The first-order valence-electron chi connectivity index (χ1n) is 5.50. The van der Waals surface area contributed by atoms with E-state index in [1.165, 1.54) is 11.1 Å². The Bertz CT molecular complexity index is 318. The fraction of sp³-hybridized carbons (Fsp3) is 0.462. The molecule has 0 bridgehead atoms. The lowest BCUT2D eigenvalue weighted by molar-refractivity contribution is 0.577. The Labute approximate surface area is 92.4 Å². The summed E-state index contributed by atoms with van der Waals surface area (Å²) < 4.78 is 0. The van der Waals surface area contributed by atoms with E-state index < -0.39 is 0 Å². The molecule has 1 rings (SSSR count). The molecule has 2 heteroatoms. The van der Waals surface area contributed by atoms with Gasteiger partial charge in [-0.3, -0.25) is 4.98 Å². The molecule has 1 unspecified atom stereocenters. The summed E-state index contributed by atoms with van der Waals surface area (Å²) in [6, 6.07) is 2.43. The number of pyridine rings is 1. The third-order valence-electron chi connectivity index (χ3n) is 2.54. The van der Waals surface area contributed by atoms with Crippen LogP contribution in [0.25, 0.3) is 0 Å². The summed E-state index contributed by atoms with van der Waals surface area (Å²) in [4.78, 5) is 4.16. The summed E-state index contributed by atoms with van der Waals surface area (Å²) in [6.07, 6.45) is 9.13. The van der Waals surface area contributed by atoms with Crippen molar-refractivity contribution in [3.63, 3.8) is 0 Å². The highest BCUT2D eigenvalue weighted by atomic mass is 14.9. The molecule has 0 saturated heterocycles. The van der Waals surface area contributed by atoms with E-state index >= 15 is 0 Å². The maximum atomic E-state index is 4.16. The maximum absolute atomic E-state index is 4.16. The van der Waals surface area contributed by atoms with E-state index in [0.29, 0.717) is 6.04 Å². The van der Waals surface area contributed by atoms with Gasteiger partial charge in [0, 0.05) is 18.4 Å². The van der Waals surface area contributed by atoms with Crippen molar-refractivity contribution in [3.8, 4) is 0 Å². The van der Waals surface area contributed by atoms with Gasteiger partial charge in [-0.1, -0.05) is 12.2 Å². The minimum absolute atomic E-state index is 0.379. The molecule has 1 aromatic rings. The first kappa shape index (κ1) is 11.9. The summed E-state index contributed by atoms with van der Waals surface area (Å²) in [5.41, 5.74) is 2.59. The van der Waals surface area contributed by atoms with Crippen molar-refractivity contribution in [2.75, 3.05) is 6.54 Å². The predicted molar refractivity (Wildman–Crippen MR) is 64.8 cm³/mol. The van der Waals surface area contributed by atoms with Gasteiger partial charge in [-0.05, 0) is 50.9 Å². The van der Waals surface area contributed by atoms with E-state index in [1.807, 2.05) is 12.4 Å². The Morgan fingerprint density at radius 3 is 3.00 bits per heavy atom. The van der Waals surface area contributed by atoms with Gasteiger partial charge in [0.25, 0.3) is 0 Å². The van der Waals surface area contributed by atoms with Crippen LogP contribution in [-0.4, -0.2) is 11.5 Å². The molecule has 0 aliphatic heterocycles. The number of aromatic nitrogens is 1. The van der Waals surface area contributed by atoms with Gasteiger partial charge in [0.1, 0.15) is 0 Å². The van der Waals surface area contributed by atoms with Crippen LogP contribution in [0.5, 0.6) is 0 Å². The van der Waals surface area contributed by atoms with Gasteiger partial charge in [0.05, 0.1) is 0 Å². The topological polar surface area (TPSA) is 24.9 Å². The zero-order valence-corrected chi connectivity index (χ0v) is 9.83. The highest BCUT2D eigenvalue weighted by Gasteiger charge is 2.06. The number of rotatable bonds is 5. The lowest BCUT2D eigenvalue weighted by atomic mass is 10.1. The number of nitrogens with one attached hydrogen (secondary N) is 1. The minimum Gasteiger partial charge on any atom is -0.310 e. The normalized spacial score (nSPS) is 13.3. The second-order valence-electron chi connectivity index (χ2n) is 3.77. The van der Waals surface area contributed by atoms with Crippen molar-refractivity contribution < 1.29 is 0 Å². The molecule has 0 saturated carbocycles. The minimum atomic E-state index is 0.379. The molecule has 0 amide bonds. The van der Waals surface area contributed by atoms with Crippen LogP contribution in [0.15, 0.2) is 30.6 Å². The molecule has 1 heterocycles. The number of aryl methyl sites for hydroxylation is 1. The van der Waals surface area contributed by atoms with Crippen LogP contribution in [0.1, 0.15) is 37.4 Å². The van der Waals surface area contributed by atoms with Gasteiger partial charge in [0.15, 0.2) is 0 Å².